The Morgan fingerprint density at radius 3 is 1.06 bits per heavy atom. The van der Waals surface area contributed by atoms with Gasteiger partial charge < -0.3 is 27.9 Å². The van der Waals surface area contributed by atoms with Gasteiger partial charge in [-0.1, -0.05) is 291 Å². The molecule has 0 radical (unpaired) electrons. The summed E-state index contributed by atoms with van der Waals surface area (Å²) in [4.78, 5) is 37.9. The number of nitrogens with zero attached hydrogens (tertiary/aromatic N) is 1. The van der Waals surface area contributed by atoms with Crippen LogP contribution in [0.1, 0.15) is 284 Å². The van der Waals surface area contributed by atoms with Gasteiger partial charge in [-0.2, -0.15) is 0 Å². The lowest BCUT2D eigenvalue weighted by Gasteiger charge is -2.28. The molecule has 10 heteroatoms. The van der Waals surface area contributed by atoms with Crippen molar-refractivity contribution in [1.29, 1.82) is 0 Å². The highest BCUT2D eigenvalue weighted by Gasteiger charge is 2.22. The van der Waals surface area contributed by atoms with E-state index in [9.17, 15) is 19.0 Å². The Hall–Kier alpha value is -3.07. The molecule has 0 spiro atoms. The van der Waals surface area contributed by atoms with Gasteiger partial charge in [-0.25, -0.2) is 0 Å². The fourth-order valence-corrected chi connectivity index (χ4v) is 9.81. The number of carbonyl (C=O) groups is 2. The van der Waals surface area contributed by atoms with Gasteiger partial charge in [-0.3, -0.25) is 14.2 Å². The molecule has 80 heavy (non-hydrogen) atoms. The number of hydrogen-bond acceptors (Lipinski definition) is 8. The van der Waals surface area contributed by atoms with E-state index in [0.717, 1.165) is 89.9 Å². The number of ether oxygens (including phenoxy) is 2. The summed E-state index contributed by atoms with van der Waals surface area (Å²) in [6.07, 6.45) is 83.3. The lowest BCUT2D eigenvalue weighted by atomic mass is 10.0. The Balaban J connectivity index is 4.02. The van der Waals surface area contributed by atoms with E-state index in [4.69, 9.17) is 18.5 Å². The van der Waals surface area contributed by atoms with Gasteiger partial charge in [0.05, 0.1) is 27.7 Å². The number of rotatable bonds is 60. The first-order valence-electron chi connectivity index (χ1n) is 32.9. The standard InChI is InChI=1S/C70H124NO8P/c1-6-8-10-12-14-16-18-20-22-24-25-26-27-28-29-30-31-32-33-34-35-36-37-38-39-40-41-42-43-44-45-47-49-51-53-55-57-59-61-63-70(73)79-68(67-78-80(74,75)77-65-64-71(3,4)5)66-76-69(72)62-60-58-56-54-52-50-48-46-23-21-19-17-15-13-11-9-7-2/h8,10,14,16,20,22,25-26,28-29,31-32,34-35,37-38,68H,6-7,9,11-13,15,17-19,21,23-24,27,30,33,36,39-67H2,1-5H3/b10-8-,16-14-,22-20-,26-25-,29-28-,32-31-,35-34-,38-37-. The highest BCUT2D eigenvalue weighted by atomic mass is 31.2. The van der Waals surface area contributed by atoms with Crippen LogP contribution in [0, 0.1) is 0 Å². The average Bonchev–Trinajstić information content (AvgIpc) is 3.42. The van der Waals surface area contributed by atoms with Gasteiger partial charge in [0.25, 0.3) is 7.82 Å². The molecule has 0 heterocycles. The Bertz CT molecular complexity index is 1670. The fraction of sp³-hybridized carbons (Fsp3) is 0.743. The van der Waals surface area contributed by atoms with Crippen LogP contribution in [0.3, 0.4) is 0 Å². The van der Waals surface area contributed by atoms with Crippen molar-refractivity contribution in [3.05, 3.63) is 97.2 Å². The van der Waals surface area contributed by atoms with Crippen LogP contribution in [0.2, 0.25) is 0 Å². The monoisotopic (exact) mass is 1140 g/mol. The van der Waals surface area contributed by atoms with Gasteiger partial charge in [0, 0.05) is 12.8 Å². The minimum Gasteiger partial charge on any atom is -0.756 e. The van der Waals surface area contributed by atoms with E-state index in [0.29, 0.717) is 17.4 Å². The van der Waals surface area contributed by atoms with E-state index in [2.05, 4.69) is 111 Å². The smallest absolute Gasteiger partial charge is 0.306 e. The number of hydrogen-bond donors (Lipinski definition) is 0. The summed E-state index contributed by atoms with van der Waals surface area (Å²) in [5.74, 6) is -0.825. The number of likely N-dealkylation sites (N-methyl/N-ethyl adjacent to an activating group) is 1. The van der Waals surface area contributed by atoms with Gasteiger partial charge in [0.1, 0.15) is 19.8 Å². The maximum Gasteiger partial charge on any atom is 0.306 e. The minimum absolute atomic E-state index is 0.0319. The van der Waals surface area contributed by atoms with Crippen molar-refractivity contribution in [2.24, 2.45) is 0 Å². The summed E-state index contributed by atoms with van der Waals surface area (Å²) in [5.41, 5.74) is 0. The van der Waals surface area contributed by atoms with E-state index >= 15 is 0 Å². The summed E-state index contributed by atoms with van der Waals surface area (Å²) in [7, 11) is 1.17. The topological polar surface area (TPSA) is 111 Å². The molecule has 0 bridgehead atoms. The molecule has 0 aliphatic heterocycles. The first-order valence-corrected chi connectivity index (χ1v) is 34.4. The third-order valence-corrected chi connectivity index (χ3v) is 15.1. The largest absolute Gasteiger partial charge is 0.756 e. The fourth-order valence-electron chi connectivity index (χ4n) is 9.09. The number of carbonyl (C=O) groups excluding carboxylic acids is 2. The maximum absolute atomic E-state index is 12.8. The molecule has 2 atom stereocenters. The Kier molecular flexibility index (Phi) is 58.2. The third-order valence-electron chi connectivity index (χ3n) is 14.1. The van der Waals surface area contributed by atoms with Gasteiger partial charge in [-0.15, -0.1) is 0 Å². The highest BCUT2D eigenvalue weighted by Crippen LogP contribution is 2.38. The lowest BCUT2D eigenvalue weighted by Crippen LogP contribution is -2.37. The molecule has 0 saturated heterocycles. The Morgan fingerprint density at radius 1 is 0.400 bits per heavy atom. The first-order chi connectivity index (χ1) is 39.0. The molecule has 0 saturated carbocycles. The number of phosphoric acid groups is 1. The zero-order valence-corrected chi connectivity index (χ0v) is 53.4. The number of allylic oxidation sites excluding steroid dienone is 16. The molecule has 462 valence electrons. The van der Waals surface area contributed by atoms with Crippen LogP contribution in [0.4, 0.5) is 0 Å². The molecule has 9 nitrogen and oxygen atoms in total. The SMILES string of the molecule is CC/C=C\C/C=C\C/C=C\C/C=C\C/C=C\C/C=C\C/C=C\C/C=C\CCCCCCCCCCCCCCCCC(=O)OC(COC(=O)CCCCCCCCCCCCCCCCCCC)COP(=O)([O-])OCC[N+](C)(C)C. The molecule has 0 aromatic rings. The molecule has 0 rings (SSSR count). The molecule has 0 amide bonds. The summed E-state index contributed by atoms with van der Waals surface area (Å²) < 4.78 is 34.2. The van der Waals surface area contributed by atoms with E-state index in [1.165, 1.54) is 161 Å². The van der Waals surface area contributed by atoms with E-state index in [1.807, 2.05) is 21.1 Å². The van der Waals surface area contributed by atoms with Crippen LogP contribution in [-0.4, -0.2) is 70.0 Å². The van der Waals surface area contributed by atoms with Crippen LogP contribution in [0.25, 0.3) is 0 Å². The molecule has 0 aromatic carbocycles. The van der Waals surface area contributed by atoms with Crippen LogP contribution in [0.5, 0.6) is 0 Å². The molecular weight excluding hydrogens is 1010 g/mol. The van der Waals surface area contributed by atoms with Crippen molar-refractivity contribution in [1.82, 2.24) is 0 Å². The van der Waals surface area contributed by atoms with Crippen molar-refractivity contribution in [2.75, 3.05) is 47.5 Å². The normalized spacial score (nSPS) is 13.8. The van der Waals surface area contributed by atoms with Crippen LogP contribution in [-0.2, 0) is 32.7 Å². The third kappa shape index (κ3) is 64.1. The average molecular weight is 1140 g/mol. The van der Waals surface area contributed by atoms with Gasteiger partial charge >= 0.3 is 11.9 Å². The van der Waals surface area contributed by atoms with Crippen LogP contribution >= 0.6 is 7.82 Å². The van der Waals surface area contributed by atoms with Crippen molar-refractivity contribution in [2.45, 2.75) is 290 Å². The van der Waals surface area contributed by atoms with Crippen molar-refractivity contribution in [3.8, 4) is 0 Å². The molecule has 0 N–H and O–H groups in total. The van der Waals surface area contributed by atoms with Gasteiger partial charge in [0.2, 0.25) is 0 Å². The first kappa shape index (κ1) is 76.9. The zero-order chi connectivity index (χ0) is 58.4. The predicted molar refractivity (Wildman–Crippen MR) is 342 cm³/mol. The van der Waals surface area contributed by atoms with E-state index in [-0.39, 0.29) is 32.0 Å². The van der Waals surface area contributed by atoms with Crippen molar-refractivity contribution in [3.63, 3.8) is 0 Å². The minimum atomic E-state index is -4.64. The molecule has 0 fully saturated rings. The summed E-state index contributed by atoms with van der Waals surface area (Å²) in [6.45, 7) is 4.15. The van der Waals surface area contributed by atoms with E-state index in [1.54, 1.807) is 0 Å². The maximum atomic E-state index is 12.8. The summed E-state index contributed by atoms with van der Waals surface area (Å²) >= 11 is 0. The summed E-state index contributed by atoms with van der Waals surface area (Å²) in [6, 6.07) is 0. The quantitative estimate of drug-likeness (QED) is 0.0195. The van der Waals surface area contributed by atoms with Crippen molar-refractivity contribution >= 4 is 19.8 Å². The molecule has 0 aromatic heterocycles. The Morgan fingerprint density at radius 2 is 0.713 bits per heavy atom. The Labute approximate surface area is 493 Å². The number of phosphoric ester groups is 1. The molecule has 2 unspecified atom stereocenters. The van der Waals surface area contributed by atoms with Crippen LogP contribution in [0.15, 0.2) is 97.2 Å². The van der Waals surface area contributed by atoms with E-state index < -0.39 is 26.5 Å². The second-order valence-electron chi connectivity index (χ2n) is 23.1. The van der Waals surface area contributed by atoms with Crippen LogP contribution < -0.4 is 4.89 Å². The predicted octanol–water partition coefficient (Wildman–Crippen LogP) is 20.5. The second kappa shape index (κ2) is 60.5. The summed E-state index contributed by atoms with van der Waals surface area (Å²) in [5, 5.41) is 0. The lowest BCUT2D eigenvalue weighted by molar-refractivity contribution is -0.870. The molecule has 0 aliphatic rings. The number of quaternary nitrogens is 1. The molecular formula is C70H124NO8P. The number of unbranched alkanes of at least 4 members (excludes halogenated alkanes) is 30. The molecule has 0 aliphatic carbocycles. The zero-order valence-electron chi connectivity index (χ0n) is 52.5. The van der Waals surface area contributed by atoms with Crippen molar-refractivity contribution < 1.29 is 42.1 Å². The van der Waals surface area contributed by atoms with Gasteiger partial charge in [-0.05, 0) is 77.0 Å². The second-order valence-corrected chi connectivity index (χ2v) is 24.5. The highest BCUT2D eigenvalue weighted by molar-refractivity contribution is 7.45. The van der Waals surface area contributed by atoms with Gasteiger partial charge in [0.15, 0.2) is 6.10 Å². The number of esters is 2.